The van der Waals surface area contributed by atoms with Gasteiger partial charge in [0.25, 0.3) is 0 Å². The number of allylic oxidation sites excluding steroid dienone is 2. The Morgan fingerprint density at radius 2 is 1.63 bits per heavy atom. The van der Waals surface area contributed by atoms with E-state index < -0.39 is 128 Å². The number of rotatable bonds is 6. The Bertz CT molecular complexity index is 2070. The second-order valence-electron chi connectivity index (χ2n) is 12.3. The molecule has 6 rings (SSSR count). The quantitative estimate of drug-likeness (QED) is 0.160. The number of aliphatic hydroxyl groups is 1. The van der Waals surface area contributed by atoms with E-state index in [0.717, 1.165) is 19.3 Å². The van der Waals surface area contributed by atoms with Gasteiger partial charge in [0.1, 0.15) is 40.7 Å². The predicted molar refractivity (Wildman–Crippen MR) is 168 cm³/mol. The monoisotopic (exact) mass is 709 g/mol. The Morgan fingerprint density at radius 3 is 2.20 bits per heavy atom. The van der Waals surface area contributed by atoms with Crippen LogP contribution in [0.15, 0.2) is 34.2 Å². The van der Waals surface area contributed by atoms with Crippen LogP contribution < -0.4 is 5.32 Å². The summed E-state index contributed by atoms with van der Waals surface area (Å²) >= 11 is 0. The van der Waals surface area contributed by atoms with Gasteiger partial charge in [-0.25, -0.2) is 4.79 Å². The van der Waals surface area contributed by atoms with Crippen LogP contribution in [0.2, 0.25) is 0 Å². The number of ether oxygens (including phenoxy) is 4. The second-order valence-corrected chi connectivity index (χ2v) is 12.3. The molecule has 3 aliphatic carbocycles. The summed E-state index contributed by atoms with van der Waals surface area (Å²) < 4.78 is 22.1. The van der Waals surface area contributed by atoms with Gasteiger partial charge in [0.15, 0.2) is 17.6 Å². The summed E-state index contributed by atoms with van der Waals surface area (Å²) in [5, 5.41) is 73.9. The van der Waals surface area contributed by atoms with E-state index in [1.54, 1.807) is 6.92 Å². The van der Waals surface area contributed by atoms with Crippen molar-refractivity contribution in [2.45, 2.75) is 56.0 Å². The molecule has 2 aromatic rings. The van der Waals surface area contributed by atoms with Gasteiger partial charge in [0, 0.05) is 50.5 Å². The molecule has 6 atom stereocenters. The summed E-state index contributed by atoms with van der Waals surface area (Å²) in [5.74, 6) is -8.73. The highest BCUT2D eigenvalue weighted by Crippen LogP contribution is 2.55. The number of fused-ring (bicyclic) bond motifs is 5. The van der Waals surface area contributed by atoms with Crippen molar-refractivity contribution in [1.29, 1.82) is 0 Å². The lowest BCUT2D eigenvalue weighted by Crippen LogP contribution is -2.71. The van der Waals surface area contributed by atoms with Crippen molar-refractivity contribution >= 4 is 40.5 Å². The fraction of sp³-hybridized carbons (Fsp3) is 0.364. The molecule has 0 bridgehead atoms. The molecule has 18 heteroatoms. The van der Waals surface area contributed by atoms with Crippen LogP contribution in [-0.4, -0.2) is 123 Å². The average Bonchev–Trinajstić information content (AvgIpc) is 3.08. The SMILES string of the molecule is COC1C(=NO)C(OC)C(NC2=CC(=O)c3c(cc4c(c3O)C(=O)C3(OC)C(=NO)Cc5cc(C)c(C(=O)O)c(O)c5C3(O)C4=O)C2=O)OC1C. The molecule has 2 aromatic carbocycles. The molecule has 0 saturated carbocycles. The van der Waals surface area contributed by atoms with Gasteiger partial charge in [-0.1, -0.05) is 16.4 Å². The van der Waals surface area contributed by atoms with E-state index in [1.165, 1.54) is 27.2 Å². The molecule has 1 heterocycles. The number of methoxy groups -OCH3 is 3. The van der Waals surface area contributed by atoms with Gasteiger partial charge in [-0.3, -0.25) is 19.2 Å². The van der Waals surface area contributed by atoms with Gasteiger partial charge in [0.2, 0.25) is 23.0 Å². The summed E-state index contributed by atoms with van der Waals surface area (Å²) in [5.41, 5.74) is -11.9. The molecular formula is C33H31N3O15. The number of phenolic OH excluding ortho intramolecular Hbond substituents is 1. The number of oxime groups is 2. The van der Waals surface area contributed by atoms with Gasteiger partial charge in [-0.15, -0.1) is 0 Å². The smallest absolute Gasteiger partial charge is 0.339 e. The maximum atomic E-state index is 14.6. The van der Waals surface area contributed by atoms with Crippen LogP contribution in [-0.2, 0) is 31.0 Å². The summed E-state index contributed by atoms with van der Waals surface area (Å²) in [6.45, 7) is 2.92. The van der Waals surface area contributed by atoms with Crippen molar-refractivity contribution in [2.75, 3.05) is 21.3 Å². The number of nitrogens with one attached hydrogen (secondary N) is 1. The number of ketones is 4. The first-order chi connectivity index (χ1) is 24.1. The first-order valence-corrected chi connectivity index (χ1v) is 15.2. The van der Waals surface area contributed by atoms with Crippen LogP contribution in [0.3, 0.4) is 0 Å². The Hall–Kier alpha value is -5.53. The fourth-order valence-electron chi connectivity index (χ4n) is 7.67. The van der Waals surface area contributed by atoms with Crippen molar-refractivity contribution in [3.05, 3.63) is 68.4 Å². The number of aromatic hydroxyl groups is 2. The zero-order valence-electron chi connectivity index (χ0n) is 27.5. The minimum Gasteiger partial charge on any atom is -0.507 e. The number of Topliss-reactive ketones (excluding diaryl/α,β-unsaturated/α-hetero) is 3. The van der Waals surface area contributed by atoms with Crippen molar-refractivity contribution in [1.82, 2.24) is 5.32 Å². The third kappa shape index (κ3) is 4.44. The first-order valence-electron chi connectivity index (χ1n) is 15.2. The summed E-state index contributed by atoms with van der Waals surface area (Å²) in [6.07, 6.45) is -3.71. The van der Waals surface area contributed by atoms with Crippen molar-refractivity contribution in [3.8, 4) is 11.5 Å². The third-order valence-electron chi connectivity index (χ3n) is 9.85. The van der Waals surface area contributed by atoms with Crippen molar-refractivity contribution < 1.29 is 73.8 Å². The summed E-state index contributed by atoms with van der Waals surface area (Å²) in [4.78, 5) is 68.7. The van der Waals surface area contributed by atoms with Crippen LogP contribution in [0.4, 0.5) is 0 Å². The number of hydrogen-bond donors (Lipinski definition) is 7. The minimum atomic E-state index is -3.34. The van der Waals surface area contributed by atoms with E-state index in [4.69, 9.17) is 18.9 Å². The number of carboxylic acids is 1. The zero-order chi connectivity index (χ0) is 37.5. The molecule has 1 saturated heterocycles. The van der Waals surface area contributed by atoms with Crippen LogP contribution in [0.1, 0.15) is 75.4 Å². The average molecular weight is 710 g/mol. The molecule has 0 radical (unpaired) electrons. The molecule has 268 valence electrons. The summed E-state index contributed by atoms with van der Waals surface area (Å²) in [7, 11) is 3.48. The number of hydrogen-bond acceptors (Lipinski definition) is 17. The lowest BCUT2D eigenvalue weighted by Gasteiger charge is -2.50. The van der Waals surface area contributed by atoms with E-state index in [2.05, 4.69) is 15.6 Å². The lowest BCUT2D eigenvalue weighted by molar-refractivity contribution is -0.129. The van der Waals surface area contributed by atoms with Crippen molar-refractivity contribution in [3.63, 3.8) is 0 Å². The lowest BCUT2D eigenvalue weighted by atomic mass is 9.57. The van der Waals surface area contributed by atoms with Gasteiger partial charge in [-0.2, -0.15) is 0 Å². The Morgan fingerprint density at radius 1 is 0.961 bits per heavy atom. The minimum absolute atomic E-state index is 0.000539. The maximum absolute atomic E-state index is 14.6. The highest BCUT2D eigenvalue weighted by Gasteiger charge is 2.72. The van der Waals surface area contributed by atoms with Gasteiger partial charge >= 0.3 is 5.97 Å². The second kappa shape index (κ2) is 12.1. The van der Waals surface area contributed by atoms with Crippen LogP contribution >= 0.6 is 0 Å². The number of carbonyl (C=O) groups excluding carboxylic acids is 4. The Kier molecular flexibility index (Phi) is 8.35. The zero-order valence-corrected chi connectivity index (χ0v) is 27.5. The van der Waals surface area contributed by atoms with Gasteiger partial charge in [0.05, 0.1) is 22.9 Å². The van der Waals surface area contributed by atoms with Gasteiger partial charge < -0.3 is 55.1 Å². The van der Waals surface area contributed by atoms with E-state index in [9.17, 15) is 54.8 Å². The topological polar surface area (TPSA) is 280 Å². The highest BCUT2D eigenvalue weighted by atomic mass is 16.6. The fourth-order valence-corrected chi connectivity index (χ4v) is 7.67. The van der Waals surface area contributed by atoms with Gasteiger partial charge in [-0.05, 0) is 31.0 Å². The molecule has 51 heavy (non-hydrogen) atoms. The number of carboxylic acid groups (broad SMARTS) is 1. The molecule has 0 aromatic heterocycles. The molecular weight excluding hydrogens is 678 g/mol. The van der Waals surface area contributed by atoms with E-state index >= 15 is 0 Å². The van der Waals surface area contributed by atoms with E-state index in [1.807, 2.05) is 0 Å². The highest BCUT2D eigenvalue weighted by molar-refractivity contribution is 6.36. The number of carbonyl (C=O) groups is 5. The van der Waals surface area contributed by atoms with Crippen molar-refractivity contribution in [2.24, 2.45) is 10.3 Å². The number of nitrogens with zero attached hydrogens (tertiary/aromatic N) is 2. The number of aromatic carboxylic acids is 1. The number of phenols is 2. The molecule has 0 spiro atoms. The molecule has 18 nitrogen and oxygen atoms in total. The van der Waals surface area contributed by atoms with Crippen LogP contribution in [0.25, 0.3) is 0 Å². The standard InChI is InChI=1S/C33H31N3O15/c1-10-6-12-7-17(35-46)33(50-5)29(42)20-14(28(41)32(33,45)21(12)25(40)18(10)31(43)44)8-13-19(24(20)39)16(37)9-15(23(13)38)34-30-27(49-4)22(36-47)26(48-3)11(2)51-30/h6,8-9,11,26-27,30,34,39-40,45-47H,7H2,1-5H3,(H,43,44). The summed E-state index contributed by atoms with van der Waals surface area (Å²) in [6, 6.07) is 2.01. The third-order valence-corrected chi connectivity index (χ3v) is 9.85. The largest absolute Gasteiger partial charge is 0.507 e. The molecule has 7 N–H and O–H groups in total. The number of benzene rings is 2. The van der Waals surface area contributed by atoms with Crippen LogP contribution in [0.5, 0.6) is 11.5 Å². The van der Waals surface area contributed by atoms with E-state index in [0.29, 0.717) is 0 Å². The Balaban J connectivity index is 1.53. The molecule has 1 aliphatic heterocycles. The normalized spacial score (nSPS) is 30.0. The molecule has 6 unspecified atom stereocenters. The maximum Gasteiger partial charge on any atom is 0.339 e. The molecule has 1 fully saturated rings. The van der Waals surface area contributed by atoms with E-state index in [-0.39, 0.29) is 16.8 Å². The van der Waals surface area contributed by atoms with Crippen LogP contribution in [0, 0.1) is 6.92 Å². The predicted octanol–water partition coefficient (Wildman–Crippen LogP) is 0.600. The molecule has 4 aliphatic rings. The number of aryl methyl sites for hydroxylation is 1. The molecule has 0 amide bonds. The first kappa shape index (κ1) is 35.3. The Labute approximate surface area is 287 Å².